The van der Waals surface area contributed by atoms with Crippen molar-refractivity contribution in [3.05, 3.63) is 46.3 Å². The highest BCUT2D eigenvalue weighted by Crippen LogP contribution is 2.46. The van der Waals surface area contributed by atoms with E-state index < -0.39 is 29.6 Å². The van der Waals surface area contributed by atoms with E-state index in [1.807, 2.05) is 20.8 Å². The Balaban J connectivity index is 2.09. The van der Waals surface area contributed by atoms with E-state index in [-0.39, 0.29) is 42.3 Å². The third kappa shape index (κ3) is 5.35. The number of carbonyl (C=O) groups is 3. The predicted molar refractivity (Wildman–Crippen MR) is 127 cm³/mol. The highest BCUT2D eigenvalue weighted by Gasteiger charge is 2.47. The van der Waals surface area contributed by atoms with Crippen LogP contribution in [0, 0.1) is 11.8 Å². The van der Waals surface area contributed by atoms with E-state index in [2.05, 4.69) is 5.32 Å². The van der Waals surface area contributed by atoms with Crippen LogP contribution in [0.5, 0.6) is 11.5 Å². The molecule has 0 saturated carbocycles. The van der Waals surface area contributed by atoms with Crippen molar-refractivity contribution in [3.8, 4) is 11.5 Å². The Kier molecular flexibility index (Phi) is 8.22. The maximum absolute atomic E-state index is 13.7. The lowest BCUT2D eigenvalue weighted by Gasteiger charge is -2.38. The third-order valence-electron chi connectivity index (χ3n) is 6.27. The summed E-state index contributed by atoms with van der Waals surface area (Å²) in [5.74, 6) is -3.61. The molecule has 1 aromatic carbocycles. The molecule has 3 rings (SSSR count). The van der Waals surface area contributed by atoms with E-state index in [1.54, 1.807) is 19.1 Å². The molecule has 190 valence electrons. The van der Waals surface area contributed by atoms with Gasteiger partial charge < -0.3 is 29.4 Å². The average Bonchev–Trinajstić information content (AvgIpc) is 2.80. The summed E-state index contributed by atoms with van der Waals surface area (Å²) in [6.45, 7) is 7.61. The summed E-state index contributed by atoms with van der Waals surface area (Å²) in [5.41, 5.74) is 2.30. The van der Waals surface area contributed by atoms with Crippen molar-refractivity contribution in [2.75, 3.05) is 27.4 Å². The minimum atomic E-state index is -0.989. The molecule has 2 N–H and O–H groups in total. The molecule has 1 aromatic rings. The number of phenols is 1. The molecule has 0 saturated heterocycles. The molecule has 0 amide bonds. The summed E-state index contributed by atoms with van der Waals surface area (Å²) < 4.78 is 21.1. The number of allylic oxidation sites excluding steroid dienone is 3. The quantitative estimate of drug-likeness (QED) is 0.324. The molecule has 3 atom stereocenters. The molecule has 0 bridgehead atoms. The van der Waals surface area contributed by atoms with Crippen LogP contribution in [-0.2, 0) is 28.6 Å². The van der Waals surface area contributed by atoms with Crippen LogP contribution in [0.25, 0.3) is 0 Å². The average molecular weight is 488 g/mol. The van der Waals surface area contributed by atoms with E-state index in [1.165, 1.54) is 20.3 Å². The maximum atomic E-state index is 13.7. The van der Waals surface area contributed by atoms with Gasteiger partial charge in [-0.25, -0.2) is 4.79 Å². The van der Waals surface area contributed by atoms with Crippen molar-refractivity contribution in [3.63, 3.8) is 0 Å². The Morgan fingerprint density at radius 3 is 2.54 bits per heavy atom. The first kappa shape index (κ1) is 26.3. The predicted octanol–water partition coefficient (Wildman–Crippen LogP) is 2.98. The zero-order valence-electron chi connectivity index (χ0n) is 21.0. The van der Waals surface area contributed by atoms with Crippen LogP contribution in [0.3, 0.4) is 0 Å². The highest BCUT2D eigenvalue weighted by molar-refractivity contribution is 6.12. The van der Waals surface area contributed by atoms with Gasteiger partial charge in [-0.2, -0.15) is 0 Å². The molecule has 1 aliphatic heterocycles. The van der Waals surface area contributed by atoms with Crippen molar-refractivity contribution < 1.29 is 38.4 Å². The highest BCUT2D eigenvalue weighted by atomic mass is 16.6. The molecular weight excluding hydrogens is 454 g/mol. The summed E-state index contributed by atoms with van der Waals surface area (Å²) in [6.07, 6.45) is 0.419. The van der Waals surface area contributed by atoms with Gasteiger partial charge in [-0.05, 0) is 50.8 Å². The second kappa shape index (κ2) is 10.9. The van der Waals surface area contributed by atoms with Gasteiger partial charge in [-0.1, -0.05) is 13.0 Å². The van der Waals surface area contributed by atoms with Crippen LogP contribution < -0.4 is 10.1 Å². The number of ketones is 1. The van der Waals surface area contributed by atoms with Gasteiger partial charge in [0, 0.05) is 22.9 Å². The molecule has 2 aliphatic rings. The van der Waals surface area contributed by atoms with Gasteiger partial charge in [0.15, 0.2) is 17.3 Å². The van der Waals surface area contributed by atoms with Gasteiger partial charge in [-0.15, -0.1) is 0 Å². The largest absolute Gasteiger partial charge is 0.504 e. The van der Waals surface area contributed by atoms with Gasteiger partial charge in [0.05, 0.1) is 32.5 Å². The van der Waals surface area contributed by atoms with E-state index >= 15 is 0 Å². The number of benzene rings is 1. The van der Waals surface area contributed by atoms with Gasteiger partial charge in [-0.3, -0.25) is 9.59 Å². The monoisotopic (exact) mass is 487 g/mol. The molecule has 0 unspecified atom stereocenters. The molecule has 1 aliphatic carbocycles. The minimum absolute atomic E-state index is 0.00645. The van der Waals surface area contributed by atoms with Crippen molar-refractivity contribution in [1.82, 2.24) is 5.32 Å². The molecule has 0 aromatic heterocycles. The number of ether oxygens (including phenoxy) is 4. The summed E-state index contributed by atoms with van der Waals surface area (Å²) in [4.78, 5) is 39.5. The number of methoxy groups -OCH3 is 2. The second-order valence-electron chi connectivity index (χ2n) is 9.02. The zero-order valence-corrected chi connectivity index (χ0v) is 21.0. The van der Waals surface area contributed by atoms with Gasteiger partial charge in [0.2, 0.25) is 0 Å². The lowest BCUT2D eigenvalue weighted by atomic mass is 9.69. The van der Waals surface area contributed by atoms with E-state index in [0.717, 1.165) is 0 Å². The Morgan fingerprint density at radius 2 is 1.91 bits per heavy atom. The fourth-order valence-corrected chi connectivity index (χ4v) is 4.65. The molecule has 9 nitrogen and oxygen atoms in total. The molecule has 35 heavy (non-hydrogen) atoms. The summed E-state index contributed by atoms with van der Waals surface area (Å²) in [5, 5.41) is 13.3. The summed E-state index contributed by atoms with van der Waals surface area (Å²) in [7, 11) is 2.66. The van der Waals surface area contributed by atoms with Crippen molar-refractivity contribution in [2.24, 2.45) is 11.8 Å². The SMILES string of the molecule is COC(=O)[C@@H]1C(=O)C2=C(C[C@H]1C)NC(C)=C(C(=O)OCCOC(C)C)[C@@H]2c1ccc(O)c(OC)c1. The first-order valence-electron chi connectivity index (χ1n) is 11.6. The number of rotatable bonds is 8. The van der Waals surface area contributed by atoms with Gasteiger partial charge in [0.1, 0.15) is 12.5 Å². The third-order valence-corrected chi connectivity index (χ3v) is 6.27. The van der Waals surface area contributed by atoms with Crippen LogP contribution in [0.4, 0.5) is 0 Å². The van der Waals surface area contributed by atoms with Crippen molar-refractivity contribution >= 4 is 17.7 Å². The van der Waals surface area contributed by atoms with Crippen LogP contribution in [0.15, 0.2) is 40.7 Å². The number of esters is 2. The molecular formula is C26H33NO8. The molecule has 1 heterocycles. The minimum Gasteiger partial charge on any atom is -0.504 e. The topological polar surface area (TPSA) is 120 Å². The molecule has 0 spiro atoms. The van der Waals surface area contributed by atoms with E-state index in [9.17, 15) is 19.5 Å². The Labute approximate surface area is 205 Å². The van der Waals surface area contributed by atoms with Crippen LogP contribution in [0.2, 0.25) is 0 Å². The fourth-order valence-electron chi connectivity index (χ4n) is 4.65. The van der Waals surface area contributed by atoms with E-state index in [0.29, 0.717) is 29.0 Å². The smallest absolute Gasteiger partial charge is 0.336 e. The maximum Gasteiger partial charge on any atom is 0.336 e. The number of phenolic OH excluding ortho intramolecular Hbond substituents is 1. The fraction of sp³-hybridized carbons (Fsp3) is 0.500. The first-order chi connectivity index (χ1) is 16.6. The summed E-state index contributed by atoms with van der Waals surface area (Å²) in [6, 6.07) is 4.65. The Morgan fingerprint density at radius 1 is 1.20 bits per heavy atom. The Hall–Kier alpha value is -3.33. The van der Waals surface area contributed by atoms with Crippen LogP contribution >= 0.6 is 0 Å². The summed E-state index contributed by atoms with van der Waals surface area (Å²) >= 11 is 0. The molecule has 0 radical (unpaired) electrons. The lowest BCUT2D eigenvalue weighted by molar-refractivity contribution is -0.151. The standard InChI is InChI=1S/C26H33NO8/c1-13(2)34-9-10-35-26(31)21-15(4)27-17-11-14(3)20(25(30)33-6)24(29)23(17)22(21)16-7-8-18(28)19(12-16)32-5/h7-8,12-14,20,22,27-28H,9-11H2,1-6H3/t14-,20+,22+/m1/s1. The number of dihydropyridines is 1. The van der Waals surface area contributed by atoms with Crippen molar-refractivity contribution in [2.45, 2.75) is 46.1 Å². The van der Waals surface area contributed by atoms with Gasteiger partial charge >= 0.3 is 11.9 Å². The number of hydrogen-bond donors (Lipinski definition) is 2. The lowest BCUT2D eigenvalue weighted by Crippen LogP contribution is -2.43. The van der Waals surface area contributed by atoms with Crippen LogP contribution in [0.1, 0.15) is 45.6 Å². The number of aromatic hydroxyl groups is 1. The molecule has 0 fully saturated rings. The number of Topliss-reactive ketones (excluding diaryl/α,β-unsaturated/α-hetero) is 1. The molecule has 9 heteroatoms. The van der Waals surface area contributed by atoms with Crippen LogP contribution in [-0.4, -0.2) is 56.4 Å². The zero-order chi connectivity index (χ0) is 25.9. The number of carbonyl (C=O) groups excluding carboxylic acids is 3. The number of hydrogen-bond acceptors (Lipinski definition) is 9. The Bertz CT molecular complexity index is 1070. The second-order valence-corrected chi connectivity index (χ2v) is 9.02. The van der Waals surface area contributed by atoms with E-state index in [4.69, 9.17) is 18.9 Å². The number of nitrogens with one attached hydrogen (secondary N) is 1. The first-order valence-corrected chi connectivity index (χ1v) is 11.6. The van der Waals surface area contributed by atoms with Crippen molar-refractivity contribution in [1.29, 1.82) is 0 Å². The van der Waals surface area contributed by atoms with Gasteiger partial charge in [0.25, 0.3) is 0 Å². The normalized spacial score (nSPS) is 22.0.